The quantitative estimate of drug-likeness (QED) is 0.806. The molecule has 1 N–H and O–H groups in total. The number of carbonyl (C=O) groups is 1. The van der Waals surface area contributed by atoms with Crippen molar-refractivity contribution in [3.8, 4) is 0 Å². The molecule has 1 aromatic heterocycles. The van der Waals surface area contributed by atoms with E-state index in [0.29, 0.717) is 6.54 Å². The smallest absolute Gasteiger partial charge is 0.358 e. The van der Waals surface area contributed by atoms with E-state index >= 15 is 0 Å². The molecule has 6 nitrogen and oxygen atoms in total. The van der Waals surface area contributed by atoms with Crippen molar-refractivity contribution >= 4 is 5.97 Å². The van der Waals surface area contributed by atoms with Crippen LogP contribution in [0.4, 0.5) is 0 Å². The Bertz CT molecular complexity index is 387. The van der Waals surface area contributed by atoms with Crippen LogP contribution in [0.2, 0.25) is 0 Å². The molecule has 1 aromatic rings. The fourth-order valence-corrected chi connectivity index (χ4v) is 1.33. The standard InChI is InChI=1S/C11H20N4O2/c1-5-11(2,3)14(4)6-7-15-8-9(10(16)17)12-13-15/h8H,5-7H2,1-4H3,(H,16,17). The molecule has 0 bridgehead atoms. The third-order valence-electron chi connectivity index (χ3n) is 3.32. The highest BCUT2D eigenvalue weighted by Gasteiger charge is 2.20. The first-order chi connectivity index (χ1) is 7.86. The Morgan fingerprint density at radius 3 is 2.71 bits per heavy atom. The molecule has 1 rings (SSSR count). The highest BCUT2D eigenvalue weighted by Crippen LogP contribution is 2.15. The summed E-state index contributed by atoms with van der Waals surface area (Å²) >= 11 is 0. The minimum absolute atomic E-state index is 0.0117. The zero-order valence-corrected chi connectivity index (χ0v) is 10.8. The molecule has 17 heavy (non-hydrogen) atoms. The van der Waals surface area contributed by atoms with Gasteiger partial charge in [-0.2, -0.15) is 0 Å². The molecule has 1 heterocycles. The Morgan fingerprint density at radius 2 is 2.24 bits per heavy atom. The number of carboxylic acid groups (broad SMARTS) is 1. The molecule has 0 saturated heterocycles. The van der Waals surface area contributed by atoms with Crippen molar-refractivity contribution in [1.82, 2.24) is 19.9 Å². The van der Waals surface area contributed by atoms with Gasteiger partial charge in [-0.25, -0.2) is 4.79 Å². The van der Waals surface area contributed by atoms with Crippen LogP contribution in [-0.4, -0.2) is 50.1 Å². The van der Waals surface area contributed by atoms with Gasteiger partial charge in [-0.3, -0.25) is 9.58 Å². The van der Waals surface area contributed by atoms with Crippen LogP contribution in [0, 0.1) is 0 Å². The third kappa shape index (κ3) is 3.52. The maximum Gasteiger partial charge on any atom is 0.358 e. The Labute approximate surface area is 101 Å². The van der Waals surface area contributed by atoms with Gasteiger partial charge in [0.1, 0.15) is 0 Å². The van der Waals surface area contributed by atoms with Crippen LogP contribution in [0.5, 0.6) is 0 Å². The average Bonchev–Trinajstić information content (AvgIpc) is 2.74. The lowest BCUT2D eigenvalue weighted by molar-refractivity contribution is 0.0690. The van der Waals surface area contributed by atoms with Crippen LogP contribution in [0.3, 0.4) is 0 Å². The van der Waals surface area contributed by atoms with Crippen LogP contribution in [0.15, 0.2) is 6.20 Å². The fraction of sp³-hybridized carbons (Fsp3) is 0.727. The van der Waals surface area contributed by atoms with Crippen molar-refractivity contribution in [3.63, 3.8) is 0 Å². The highest BCUT2D eigenvalue weighted by molar-refractivity contribution is 5.84. The van der Waals surface area contributed by atoms with Crippen LogP contribution >= 0.6 is 0 Å². The summed E-state index contributed by atoms with van der Waals surface area (Å²) < 4.78 is 1.56. The number of hydrogen-bond donors (Lipinski definition) is 1. The van der Waals surface area contributed by atoms with E-state index in [1.54, 1.807) is 4.68 Å². The molecule has 0 saturated carbocycles. The van der Waals surface area contributed by atoms with Crippen molar-refractivity contribution in [3.05, 3.63) is 11.9 Å². The summed E-state index contributed by atoms with van der Waals surface area (Å²) in [7, 11) is 2.05. The number of aromatic nitrogens is 3. The zero-order chi connectivity index (χ0) is 13.1. The second-order valence-corrected chi connectivity index (χ2v) is 4.76. The van der Waals surface area contributed by atoms with E-state index in [-0.39, 0.29) is 11.2 Å². The van der Waals surface area contributed by atoms with Gasteiger partial charge in [-0.15, -0.1) is 5.10 Å². The molecule has 0 aliphatic rings. The molecule has 0 radical (unpaired) electrons. The molecule has 0 spiro atoms. The van der Waals surface area contributed by atoms with E-state index in [0.717, 1.165) is 13.0 Å². The first-order valence-electron chi connectivity index (χ1n) is 5.71. The van der Waals surface area contributed by atoms with E-state index in [1.807, 2.05) is 0 Å². The Hall–Kier alpha value is -1.43. The zero-order valence-electron chi connectivity index (χ0n) is 10.8. The molecular formula is C11H20N4O2. The van der Waals surface area contributed by atoms with Gasteiger partial charge in [0.15, 0.2) is 5.69 Å². The second kappa shape index (κ2) is 5.27. The lowest BCUT2D eigenvalue weighted by Gasteiger charge is -2.34. The summed E-state index contributed by atoms with van der Waals surface area (Å²) in [5, 5.41) is 16.1. The molecule has 96 valence electrons. The molecule has 0 aromatic carbocycles. The molecule has 0 aliphatic heterocycles. The number of hydrogen-bond acceptors (Lipinski definition) is 4. The largest absolute Gasteiger partial charge is 0.476 e. The van der Waals surface area contributed by atoms with E-state index in [4.69, 9.17) is 5.11 Å². The predicted octanol–water partition coefficient (Wildman–Crippen LogP) is 1.10. The van der Waals surface area contributed by atoms with Gasteiger partial charge in [0, 0.05) is 12.1 Å². The average molecular weight is 240 g/mol. The Morgan fingerprint density at radius 1 is 1.59 bits per heavy atom. The van der Waals surface area contributed by atoms with E-state index in [9.17, 15) is 4.79 Å². The summed E-state index contributed by atoms with van der Waals surface area (Å²) in [6.07, 6.45) is 2.51. The van der Waals surface area contributed by atoms with Crippen LogP contribution in [-0.2, 0) is 6.54 Å². The van der Waals surface area contributed by atoms with Crippen molar-refractivity contribution < 1.29 is 9.90 Å². The molecule has 6 heteroatoms. The van der Waals surface area contributed by atoms with Gasteiger partial charge in [-0.1, -0.05) is 12.1 Å². The maximum absolute atomic E-state index is 10.6. The Balaban J connectivity index is 2.53. The van der Waals surface area contributed by atoms with Gasteiger partial charge in [0.25, 0.3) is 0 Å². The molecule has 0 amide bonds. The minimum Gasteiger partial charge on any atom is -0.476 e. The Kier molecular flexibility index (Phi) is 4.22. The molecular weight excluding hydrogens is 220 g/mol. The van der Waals surface area contributed by atoms with Crippen LogP contribution < -0.4 is 0 Å². The molecule has 0 fully saturated rings. The summed E-state index contributed by atoms with van der Waals surface area (Å²) in [6, 6.07) is 0. The summed E-state index contributed by atoms with van der Waals surface area (Å²) in [5.74, 6) is -1.04. The minimum atomic E-state index is -1.04. The van der Waals surface area contributed by atoms with Gasteiger partial charge in [-0.05, 0) is 27.3 Å². The third-order valence-corrected chi connectivity index (χ3v) is 3.32. The number of carboxylic acids is 1. The first-order valence-corrected chi connectivity index (χ1v) is 5.71. The van der Waals surface area contributed by atoms with Crippen molar-refractivity contribution in [2.45, 2.75) is 39.3 Å². The van der Waals surface area contributed by atoms with Crippen LogP contribution in [0.1, 0.15) is 37.7 Å². The van der Waals surface area contributed by atoms with Gasteiger partial charge in [0.2, 0.25) is 0 Å². The highest BCUT2D eigenvalue weighted by atomic mass is 16.4. The van der Waals surface area contributed by atoms with Gasteiger partial charge >= 0.3 is 5.97 Å². The lowest BCUT2D eigenvalue weighted by atomic mass is 10.0. The van der Waals surface area contributed by atoms with Crippen molar-refractivity contribution in [2.75, 3.05) is 13.6 Å². The topological polar surface area (TPSA) is 71.2 Å². The summed E-state index contributed by atoms with van der Waals surface area (Å²) in [5.41, 5.74) is 0.123. The predicted molar refractivity (Wildman–Crippen MR) is 64.0 cm³/mol. The maximum atomic E-state index is 10.6. The monoisotopic (exact) mass is 240 g/mol. The van der Waals surface area contributed by atoms with Gasteiger partial charge in [0.05, 0.1) is 12.7 Å². The SMILES string of the molecule is CCC(C)(C)N(C)CCn1cc(C(=O)O)nn1. The van der Waals surface area contributed by atoms with Gasteiger partial charge < -0.3 is 5.11 Å². The van der Waals surface area contributed by atoms with E-state index in [2.05, 4.69) is 43.0 Å². The number of rotatable bonds is 6. The molecule has 0 unspecified atom stereocenters. The molecule has 0 atom stereocenters. The number of aromatic carboxylic acids is 1. The molecule has 0 aliphatic carbocycles. The number of likely N-dealkylation sites (N-methyl/N-ethyl adjacent to an activating group) is 1. The van der Waals surface area contributed by atoms with E-state index < -0.39 is 5.97 Å². The van der Waals surface area contributed by atoms with Crippen molar-refractivity contribution in [2.24, 2.45) is 0 Å². The fourth-order valence-electron chi connectivity index (χ4n) is 1.33. The van der Waals surface area contributed by atoms with Crippen molar-refractivity contribution in [1.29, 1.82) is 0 Å². The first kappa shape index (κ1) is 13.6. The number of nitrogens with zero attached hydrogens (tertiary/aromatic N) is 4. The summed E-state index contributed by atoms with van der Waals surface area (Å²) in [6.45, 7) is 7.95. The van der Waals surface area contributed by atoms with E-state index in [1.165, 1.54) is 6.20 Å². The summed E-state index contributed by atoms with van der Waals surface area (Å²) in [4.78, 5) is 12.9. The normalized spacial score (nSPS) is 12.1. The second-order valence-electron chi connectivity index (χ2n) is 4.76. The van der Waals surface area contributed by atoms with Crippen LogP contribution in [0.25, 0.3) is 0 Å². The lowest BCUT2D eigenvalue weighted by Crippen LogP contribution is -2.42.